The number of rotatable bonds is 7. The van der Waals surface area contributed by atoms with E-state index in [1.54, 1.807) is 18.2 Å². The Labute approximate surface area is 159 Å². The highest BCUT2D eigenvalue weighted by Gasteiger charge is 2.28. The maximum atomic E-state index is 13.7. The number of benzene rings is 1. The van der Waals surface area contributed by atoms with Crippen LogP contribution >= 0.6 is 0 Å². The first-order valence-electron chi connectivity index (χ1n) is 9.66. The molecule has 0 unspecified atom stereocenters. The summed E-state index contributed by atoms with van der Waals surface area (Å²) in [7, 11) is 0. The Bertz CT molecular complexity index is 752. The lowest BCUT2D eigenvalue weighted by molar-refractivity contribution is -0.136. The monoisotopic (exact) mass is 374 g/mol. The summed E-state index contributed by atoms with van der Waals surface area (Å²) in [6.07, 6.45) is 2.02. The Hall–Kier alpha value is -2.28. The number of likely N-dealkylation sites (tertiary alicyclic amines) is 1. The highest BCUT2D eigenvalue weighted by molar-refractivity contribution is 5.78. The number of nitrogens with zero attached hydrogens (tertiary/aromatic N) is 4. The van der Waals surface area contributed by atoms with Crippen LogP contribution in [0.1, 0.15) is 44.0 Å². The van der Waals surface area contributed by atoms with E-state index in [2.05, 4.69) is 15.0 Å². The van der Waals surface area contributed by atoms with Gasteiger partial charge in [-0.3, -0.25) is 9.69 Å². The van der Waals surface area contributed by atoms with Crippen LogP contribution < -0.4 is 0 Å². The quantitative estimate of drug-likeness (QED) is 0.746. The first-order valence-corrected chi connectivity index (χ1v) is 9.66. The molecular weight excluding hydrogens is 347 g/mol. The number of halogens is 1. The molecule has 1 aliphatic heterocycles. The van der Waals surface area contributed by atoms with Gasteiger partial charge in [0.1, 0.15) is 5.82 Å². The van der Waals surface area contributed by atoms with Crippen LogP contribution in [0, 0.1) is 11.7 Å². The van der Waals surface area contributed by atoms with Gasteiger partial charge in [-0.2, -0.15) is 4.98 Å². The minimum atomic E-state index is -0.260. The molecule has 7 heteroatoms. The van der Waals surface area contributed by atoms with Gasteiger partial charge in [0.05, 0.1) is 6.54 Å². The van der Waals surface area contributed by atoms with E-state index < -0.39 is 0 Å². The fourth-order valence-electron chi connectivity index (χ4n) is 3.56. The van der Waals surface area contributed by atoms with Gasteiger partial charge in [0.2, 0.25) is 11.8 Å². The maximum absolute atomic E-state index is 13.7. The van der Waals surface area contributed by atoms with Crippen molar-refractivity contribution in [1.29, 1.82) is 0 Å². The molecule has 0 aliphatic carbocycles. The van der Waals surface area contributed by atoms with Gasteiger partial charge in [0.25, 0.3) is 0 Å². The molecule has 2 aromatic rings. The van der Waals surface area contributed by atoms with Gasteiger partial charge in [0.15, 0.2) is 5.82 Å². The molecule has 1 aromatic carbocycles. The molecule has 0 radical (unpaired) electrons. The normalized spacial score (nSPS) is 15.8. The number of carbonyl (C=O) groups is 1. The zero-order valence-corrected chi connectivity index (χ0v) is 16.0. The Balaban J connectivity index is 1.50. The predicted molar refractivity (Wildman–Crippen MR) is 99.4 cm³/mol. The van der Waals surface area contributed by atoms with Crippen molar-refractivity contribution in [3.05, 3.63) is 47.4 Å². The lowest BCUT2D eigenvalue weighted by Crippen LogP contribution is -2.42. The van der Waals surface area contributed by atoms with E-state index >= 15 is 0 Å². The highest BCUT2D eigenvalue weighted by atomic mass is 19.1. The second kappa shape index (κ2) is 9.08. The minimum absolute atomic E-state index is 0.112. The number of carbonyl (C=O) groups excluding carboxylic acids is 1. The summed E-state index contributed by atoms with van der Waals surface area (Å²) < 4.78 is 19.1. The van der Waals surface area contributed by atoms with Gasteiger partial charge in [0, 0.05) is 25.4 Å². The Morgan fingerprint density at radius 1 is 1.26 bits per heavy atom. The van der Waals surface area contributed by atoms with Crippen LogP contribution in [0.5, 0.6) is 0 Å². The Kier molecular flexibility index (Phi) is 6.55. The molecule has 2 heterocycles. The molecule has 0 spiro atoms. The Morgan fingerprint density at radius 2 is 1.96 bits per heavy atom. The summed E-state index contributed by atoms with van der Waals surface area (Å²) in [5, 5.41) is 3.97. The van der Waals surface area contributed by atoms with E-state index in [1.165, 1.54) is 6.07 Å². The number of hydrogen-bond donors (Lipinski definition) is 0. The molecule has 0 N–H and O–H groups in total. The molecule has 6 nitrogen and oxygen atoms in total. The van der Waals surface area contributed by atoms with Crippen molar-refractivity contribution in [3.63, 3.8) is 0 Å². The van der Waals surface area contributed by atoms with E-state index in [0.717, 1.165) is 39.0 Å². The molecule has 1 saturated heterocycles. The van der Waals surface area contributed by atoms with Crippen LogP contribution in [0.3, 0.4) is 0 Å². The number of amides is 1. The van der Waals surface area contributed by atoms with Crippen LogP contribution in [-0.4, -0.2) is 52.0 Å². The topological polar surface area (TPSA) is 62.5 Å². The molecule has 0 bridgehead atoms. The average Bonchev–Trinajstić information content (AvgIpc) is 3.12. The smallest absolute Gasteiger partial charge is 0.240 e. The summed E-state index contributed by atoms with van der Waals surface area (Å²) in [4.78, 5) is 21.0. The van der Waals surface area contributed by atoms with Crippen molar-refractivity contribution in [2.24, 2.45) is 5.92 Å². The van der Waals surface area contributed by atoms with Crippen molar-refractivity contribution >= 4 is 5.91 Å². The summed E-state index contributed by atoms with van der Waals surface area (Å²) in [5.41, 5.74) is 0.556. The van der Waals surface area contributed by atoms with Gasteiger partial charge >= 0.3 is 0 Å². The van der Waals surface area contributed by atoms with E-state index in [-0.39, 0.29) is 17.6 Å². The molecule has 146 valence electrons. The van der Waals surface area contributed by atoms with Crippen LogP contribution in [0.2, 0.25) is 0 Å². The number of hydrogen-bond acceptors (Lipinski definition) is 5. The van der Waals surface area contributed by atoms with Gasteiger partial charge < -0.3 is 9.42 Å². The Morgan fingerprint density at radius 3 is 2.63 bits per heavy atom. The molecule has 1 aliphatic rings. The fraction of sp³-hybridized carbons (Fsp3) is 0.550. The van der Waals surface area contributed by atoms with Crippen molar-refractivity contribution in [2.45, 2.75) is 39.7 Å². The first-order chi connectivity index (χ1) is 13.1. The van der Waals surface area contributed by atoms with Gasteiger partial charge in [-0.25, -0.2) is 4.39 Å². The van der Waals surface area contributed by atoms with Crippen LogP contribution in [0.25, 0.3) is 0 Å². The summed E-state index contributed by atoms with van der Waals surface area (Å²) >= 11 is 0. The third-order valence-corrected chi connectivity index (χ3v) is 5.19. The van der Waals surface area contributed by atoms with E-state index in [0.29, 0.717) is 30.2 Å². The molecule has 0 atom stereocenters. The summed E-state index contributed by atoms with van der Waals surface area (Å²) in [6, 6.07) is 6.61. The number of piperidine rings is 1. The van der Waals surface area contributed by atoms with Crippen molar-refractivity contribution in [2.75, 3.05) is 26.2 Å². The van der Waals surface area contributed by atoms with Crippen LogP contribution in [-0.2, 0) is 17.8 Å². The third kappa shape index (κ3) is 4.91. The summed E-state index contributed by atoms with van der Waals surface area (Å²) in [6.45, 7) is 7.81. The second-order valence-corrected chi connectivity index (χ2v) is 6.93. The fourth-order valence-corrected chi connectivity index (χ4v) is 3.56. The average molecular weight is 374 g/mol. The standard InChI is InChI=1S/C20H27FN4O2/c1-3-25(4-2)20(26)15-9-11-24(12-10-15)14-19-22-18(23-27-19)13-16-7-5-6-8-17(16)21/h5-8,15H,3-4,9-14H2,1-2H3. The number of aromatic nitrogens is 2. The second-order valence-electron chi connectivity index (χ2n) is 6.93. The molecule has 0 saturated carbocycles. The third-order valence-electron chi connectivity index (χ3n) is 5.19. The highest BCUT2D eigenvalue weighted by Crippen LogP contribution is 2.21. The molecule has 1 aromatic heterocycles. The van der Waals surface area contributed by atoms with Gasteiger partial charge in [-0.15, -0.1) is 0 Å². The van der Waals surface area contributed by atoms with E-state index in [4.69, 9.17) is 4.52 Å². The molecule has 3 rings (SSSR count). The largest absolute Gasteiger partial charge is 0.343 e. The lowest BCUT2D eigenvalue weighted by atomic mass is 9.95. The van der Waals surface area contributed by atoms with E-state index in [1.807, 2.05) is 18.7 Å². The molecule has 1 amide bonds. The predicted octanol–water partition coefficient (Wildman–Crippen LogP) is 2.88. The van der Waals surface area contributed by atoms with Crippen LogP contribution in [0.15, 0.2) is 28.8 Å². The zero-order chi connectivity index (χ0) is 19.2. The zero-order valence-electron chi connectivity index (χ0n) is 16.0. The SMILES string of the molecule is CCN(CC)C(=O)C1CCN(Cc2nc(Cc3ccccc3F)no2)CC1. The first kappa shape index (κ1) is 19.5. The van der Waals surface area contributed by atoms with Gasteiger partial charge in [-0.1, -0.05) is 23.4 Å². The summed E-state index contributed by atoms with van der Waals surface area (Å²) in [5.74, 6) is 1.14. The van der Waals surface area contributed by atoms with Crippen molar-refractivity contribution in [3.8, 4) is 0 Å². The van der Waals surface area contributed by atoms with Gasteiger partial charge in [-0.05, 0) is 51.4 Å². The van der Waals surface area contributed by atoms with E-state index in [9.17, 15) is 9.18 Å². The molecule has 1 fully saturated rings. The lowest BCUT2D eigenvalue weighted by Gasteiger charge is -2.32. The van der Waals surface area contributed by atoms with Crippen molar-refractivity contribution < 1.29 is 13.7 Å². The minimum Gasteiger partial charge on any atom is -0.343 e. The van der Waals surface area contributed by atoms with Crippen LogP contribution in [0.4, 0.5) is 4.39 Å². The molecule has 27 heavy (non-hydrogen) atoms. The maximum Gasteiger partial charge on any atom is 0.240 e. The molecular formula is C20H27FN4O2. The van der Waals surface area contributed by atoms with Crippen molar-refractivity contribution in [1.82, 2.24) is 19.9 Å².